The van der Waals surface area contributed by atoms with Gasteiger partial charge in [0.15, 0.2) is 0 Å². The van der Waals surface area contributed by atoms with Crippen LogP contribution in [0.25, 0.3) is 0 Å². The summed E-state index contributed by atoms with van der Waals surface area (Å²) in [6, 6.07) is 7.93. The third kappa shape index (κ3) is 4.06. The molecule has 2 heterocycles. The molecule has 0 bridgehead atoms. The van der Waals surface area contributed by atoms with Crippen LogP contribution in [-0.4, -0.2) is 41.2 Å². The quantitative estimate of drug-likeness (QED) is 0.769. The third-order valence-corrected chi connectivity index (χ3v) is 5.55. The number of nitrogens with zero attached hydrogens (tertiary/aromatic N) is 2. The van der Waals surface area contributed by atoms with Crippen LogP contribution in [0.1, 0.15) is 43.7 Å². The monoisotopic (exact) mass is 360 g/mol. The normalized spacial score (nSPS) is 24.0. The van der Waals surface area contributed by atoms with Gasteiger partial charge in [-0.3, -0.25) is 9.59 Å². The van der Waals surface area contributed by atoms with Crippen molar-refractivity contribution in [2.75, 3.05) is 19.6 Å². The lowest BCUT2D eigenvalue weighted by Gasteiger charge is -2.40. The molecule has 1 aromatic carbocycles. The van der Waals surface area contributed by atoms with Crippen LogP contribution in [0.3, 0.4) is 0 Å². The van der Waals surface area contributed by atoms with Crippen molar-refractivity contribution in [1.29, 1.82) is 0 Å². The fraction of sp³-hybridized carbons (Fsp3) is 0.500. The van der Waals surface area contributed by atoms with Crippen molar-refractivity contribution in [3.63, 3.8) is 0 Å². The molecule has 4 nitrogen and oxygen atoms in total. The molecular weight excluding hydrogens is 336 g/mol. The van der Waals surface area contributed by atoms with E-state index in [2.05, 4.69) is 6.58 Å². The number of piperidine rings is 2. The Hall–Kier alpha value is -1.81. The van der Waals surface area contributed by atoms with Gasteiger partial charge >= 0.3 is 0 Å². The Morgan fingerprint density at radius 1 is 1.08 bits per heavy atom. The van der Waals surface area contributed by atoms with Crippen LogP contribution >= 0.6 is 11.6 Å². The van der Waals surface area contributed by atoms with Crippen molar-refractivity contribution in [1.82, 2.24) is 9.80 Å². The van der Waals surface area contributed by atoms with Gasteiger partial charge in [0, 0.05) is 24.7 Å². The van der Waals surface area contributed by atoms with E-state index < -0.39 is 0 Å². The minimum absolute atomic E-state index is 0.0783. The molecule has 1 aromatic rings. The molecular formula is C20H25ClN2O2. The van der Waals surface area contributed by atoms with Crippen LogP contribution in [0.15, 0.2) is 36.9 Å². The zero-order valence-corrected chi connectivity index (χ0v) is 15.3. The number of carbonyl (C=O) groups is 2. The van der Waals surface area contributed by atoms with E-state index in [1.165, 1.54) is 6.08 Å². The van der Waals surface area contributed by atoms with Crippen LogP contribution in [0.4, 0.5) is 0 Å². The van der Waals surface area contributed by atoms with E-state index in [1.807, 2.05) is 29.2 Å². The summed E-state index contributed by atoms with van der Waals surface area (Å²) in [6.45, 7) is 5.57. The third-order valence-electron chi connectivity index (χ3n) is 5.30. The van der Waals surface area contributed by atoms with Crippen molar-refractivity contribution >= 4 is 23.4 Å². The van der Waals surface area contributed by atoms with E-state index in [1.54, 1.807) is 4.90 Å². The minimum Gasteiger partial charge on any atom is -0.338 e. The maximum absolute atomic E-state index is 13.2. The second-order valence-corrected chi connectivity index (χ2v) is 7.36. The summed E-state index contributed by atoms with van der Waals surface area (Å²) in [6.07, 6.45) is 6.21. The van der Waals surface area contributed by atoms with E-state index in [9.17, 15) is 9.59 Å². The number of hydrogen-bond acceptors (Lipinski definition) is 2. The van der Waals surface area contributed by atoms with Gasteiger partial charge in [-0.2, -0.15) is 0 Å². The Morgan fingerprint density at radius 2 is 1.84 bits per heavy atom. The molecule has 2 amide bonds. The second-order valence-electron chi connectivity index (χ2n) is 6.92. The Morgan fingerprint density at radius 3 is 2.56 bits per heavy atom. The van der Waals surface area contributed by atoms with Gasteiger partial charge < -0.3 is 9.80 Å². The molecule has 2 saturated heterocycles. The topological polar surface area (TPSA) is 40.6 Å². The van der Waals surface area contributed by atoms with E-state index in [0.29, 0.717) is 11.6 Å². The molecule has 0 radical (unpaired) electrons. The standard InChI is InChI=1S/C20H25ClN2O2/c1-2-19(24)22-12-5-6-16(14-22)20(25)23-13-4-3-7-18(23)15-8-10-17(21)11-9-15/h2,8-11,16,18H,1,3-7,12-14H2. The Labute approximate surface area is 154 Å². The van der Waals surface area contributed by atoms with E-state index in [4.69, 9.17) is 11.6 Å². The molecule has 25 heavy (non-hydrogen) atoms. The predicted octanol–water partition coefficient (Wildman–Crippen LogP) is 3.82. The molecule has 3 rings (SSSR count). The van der Waals surface area contributed by atoms with E-state index >= 15 is 0 Å². The lowest BCUT2D eigenvalue weighted by Crippen LogP contribution is -2.48. The first-order valence-electron chi connectivity index (χ1n) is 9.07. The Kier molecular flexibility index (Phi) is 5.79. The summed E-state index contributed by atoms with van der Waals surface area (Å²) < 4.78 is 0. The molecule has 0 aliphatic carbocycles. The van der Waals surface area contributed by atoms with Crippen molar-refractivity contribution in [2.24, 2.45) is 5.92 Å². The predicted molar refractivity (Wildman–Crippen MR) is 99.3 cm³/mol. The second kappa shape index (κ2) is 8.05. The highest BCUT2D eigenvalue weighted by Gasteiger charge is 2.35. The molecule has 0 N–H and O–H groups in total. The number of halogens is 1. The maximum atomic E-state index is 13.2. The molecule has 2 aliphatic heterocycles. The minimum atomic E-state index is -0.106. The maximum Gasteiger partial charge on any atom is 0.245 e. The Bertz CT molecular complexity index is 644. The summed E-state index contributed by atoms with van der Waals surface area (Å²) in [4.78, 5) is 28.9. The lowest BCUT2D eigenvalue weighted by molar-refractivity contribution is -0.142. The van der Waals surface area contributed by atoms with Crippen molar-refractivity contribution in [3.05, 3.63) is 47.5 Å². The average molecular weight is 361 g/mol. The van der Waals surface area contributed by atoms with Gasteiger partial charge in [-0.05, 0) is 55.9 Å². The van der Waals surface area contributed by atoms with E-state index in [-0.39, 0.29) is 23.8 Å². The summed E-state index contributed by atoms with van der Waals surface area (Å²) >= 11 is 6.00. The summed E-state index contributed by atoms with van der Waals surface area (Å²) in [5.41, 5.74) is 1.15. The largest absolute Gasteiger partial charge is 0.338 e. The average Bonchev–Trinajstić information content (AvgIpc) is 2.67. The smallest absolute Gasteiger partial charge is 0.245 e. The Balaban J connectivity index is 1.75. The number of amides is 2. The molecule has 2 atom stereocenters. The summed E-state index contributed by atoms with van der Waals surface area (Å²) in [7, 11) is 0. The zero-order chi connectivity index (χ0) is 17.8. The number of benzene rings is 1. The fourth-order valence-corrected chi connectivity index (χ4v) is 4.10. The fourth-order valence-electron chi connectivity index (χ4n) is 3.97. The molecule has 2 fully saturated rings. The van der Waals surface area contributed by atoms with Crippen LogP contribution in [0.2, 0.25) is 5.02 Å². The number of hydrogen-bond donors (Lipinski definition) is 0. The van der Waals surface area contributed by atoms with Crippen LogP contribution in [0, 0.1) is 5.92 Å². The van der Waals surface area contributed by atoms with Gasteiger partial charge in [0.05, 0.1) is 12.0 Å². The van der Waals surface area contributed by atoms with Crippen molar-refractivity contribution in [2.45, 2.75) is 38.1 Å². The first-order chi connectivity index (χ1) is 12.1. The van der Waals surface area contributed by atoms with E-state index in [0.717, 1.165) is 50.8 Å². The first-order valence-corrected chi connectivity index (χ1v) is 9.45. The highest BCUT2D eigenvalue weighted by atomic mass is 35.5. The van der Waals surface area contributed by atoms with Gasteiger partial charge in [0.25, 0.3) is 0 Å². The van der Waals surface area contributed by atoms with Crippen molar-refractivity contribution in [3.8, 4) is 0 Å². The van der Waals surface area contributed by atoms with Gasteiger partial charge in [-0.25, -0.2) is 0 Å². The molecule has 0 aromatic heterocycles. The van der Waals surface area contributed by atoms with Crippen LogP contribution < -0.4 is 0 Å². The van der Waals surface area contributed by atoms with Crippen LogP contribution in [-0.2, 0) is 9.59 Å². The number of carbonyl (C=O) groups excluding carboxylic acids is 2. The van der Waals surface area contributed by atoms with Gasteiger partial charge in [-0.1, -0.05) is 30.3 Å². The highest BCUT2D eigenvalue weighted by molar-refractivity contribution is 6.30. The molecule has 134 valence electrons. The molecule has 0 saturated carbocycles. The molecule has 2 unspecified atom stereocenters. The first kappa shape index (κ1) is 18.0. The molecule has 2 aliphatic rings. The molecule has 5 heteroatoms. The highest BCUT2D eigenvalue weighted by Crippen LogP contribution is 2.34. The van der Waals surface area contributed by atoms with Gasteiger partial charge in [0.2, 0.25) is 11.8 Å². The van der Waals surface area contributed by atoms with Gasteiger partial charge in [-0.15, -0.1) is 0 Å². The number of likely N-dealkylation sites (tertiary alicyclic amines) is 2. The van der Waals surface area contributed by atoms with Crippen LogP contribution in [0.5, 0.6) is 0 Å². The molecule has 0 spiro atoms. The summed E-state index contributed by atoms with van der Waals surface area (Å²) in [5, 5.41) is 0.711. The summed E-state index contributed by atoms with van der Waals surface area (Å²) in [5.74, 6) is -0.00263. The number of rotatable bonds is 3. The van der Waals surface area contributed by atoms with Crippen molar-refractivity contribution < 1.29 is 9.59 Å². The van der Waals surface area contributed by atoms with Gasteiger partial charge in [0.1, 0.15) is 0 Å². The zero-order valence-electron chi connectivity index (χ0n) is 14.5. The SMILES string of the molecule is C=CC(=O)N1CCCC(C(=O)N2CCCCC2c2ccc(Cl)cc2)C1. The lowest BCUT2D eigenvalue weighted by atomic mass is 9.91.